The second kappa shape index (κ2) is 14.9. The summed E-state index contributed by atoms with van der Waals surface area (Å²) in [5.41, 5.74) is 15.6. The first-order valence-corrected chi connectivity index (χ1v) is 19.7. The fourth-order valence-electron chi connectivity index (χ4n) is 8.20. The van der Waals surface area contributed by atoms with Gasteiger partial charge >= 0.3 is 0 Å². The smallest absolute Gasteiger partial charge is 0.0616 e. The van der Waals surface area contributed by atoms with Crippen molar-refractivity contribution in [2.45, 2.75) is 40.0 Å². The van der Waals surface area contributed by atoms with E-state index in [1.54, 1.807) is 0 Å². The Balaban J connectivity index is 1.46. The van der Waals surface area contributed by atoms with E-state index in [9.17, 15) is 0 Å². The average molecular weight is 723 g/mol. The van der Waals surface area contributed by atoms with E-state index < -0.39 is 0 Å². The summed E-state index contributed by atoms with van der Waals surface area (Å²) in [6.07, 6.45) is 5.96. The van der Waals surface area contributed by atoms with Gasteiger partial charge in [0.25, 0.3) is 0 Å². The highest BCUT2D eigenvalue weighted by atomic mass is 15.2. The van der Waals surface area contributed by atoms with Crippen LogP contribution in [-0.2, 0) is 0 Å². The zero-order valence-corrected chi connectivity index (χ0v) is 32.6. The molecule has 56 heavy (non-hydrogen) atoms. The van der Waals surface area contributed by atoms with E-state index in [2.05, 4.69) is 226 Å². The summed E-state index contributed by atoms with van der Waals surface area (Å²) in [7, 11) is 0. The van der Waals surface area contributed by atoms with Gasteiger partial charge in [0, 0.05) is 49.9 Å². The number of aryl methyl sites for hydroxylation is 4. The molecule has 8 aromatic rings. The molecule has 0 aliphatic heterocycles. The van der Waals surface area contributed by atoms with Gasteiger partial charge in [-0.2, -0.15) is 0 Å². The highest BCUT2D eigenvalue weighted by Gasteiger charge is 2.27. The third kappa shape index (κ3) is 6.69. The van der Waals surface area contributed by atoms with Crippen molar-refractivity contribution in [3.05, 3.63) is 214 Å². The van der Waals surface area contributed by atoms with Crippen LogP contribution in [0.5, 0.6) is 0 Å². The fraction of sp³-hybridized carbons (Fsp3) is 0.111. The van der Waals surface area contributed by atoms with E-state index in [1.165, 1.54) is 71.5 Å². The van der Waals surface area contributed by atoms with Crippen molar-refractivity contribution in [2.75, 3.05) is 9.80 Å². The van der Waals surface area contributed by atoms with Crippen LogP contribution in [0.2, 0.25) is 0 Å². The number of hydrogen-bond acceptors (Lipinski definition) is 2. The van der Waals surface area contributed by atoms with Gasteiger partial charge in [-0.3, -0.25) is 0 Å². The van der Waals surface area contributed by atoms with Crippen LogP contribution in [0.15, 0.2) is 176 Å². The molecule has 0 N–H and O–H groups in total. The van der Waals surface area contributed by atoms with Crippen LogP contribution >= 0.6 is 0 Å². The number of hydrogen-bond donors (Lipinski definition) is 0. The topological polar surface area (TPSA) is 6.48 Å². The molecular weight excluding hydrogens is 677 g/mol. The lowest BCUT2D eigenvalue weighted by Gasteiger charge is -2.33. The van der Waals surface area contributed by atoms with Gasteiger partial charge in [0.05, 0.1) is 11.4 Å². The molecule has 8 aromatic carbocycles. The standard InChI is InChI=1S/C54H46N2/c1-37-15-25-45(26-16-37)55(46-27-17-38(2)18-28-46)53-49-33-23-44(42-13-9-6-10-14-42)36-52(49)54(50-34-24-43(35-51(50)53)41-11-7-5-8-12-41)56(47-29-19-39(3)20-30-47)48-31-21-40(4)22-32-48/h5-23,25-36,43H,24H2,1-4H3. The zero-order chi connectivity index (χ0) is 38.2. The third-order valence-corrected chi connectivity index (χ3v) is 11.2. The van der Waals surface area contributed by atoms with Crippen LogP contribution in [0, 0.1) is 27.7 Å². The Morgan fingerprint density at radius 3 is 1.29 bits per heavy atom. The van der Waals surface area contributed by atoms with E-state index in [4.69, 9.17) is 0 Å². The normalized spacial score (nSPS) is 13.4. The Labute approximate surface area is 331 Å². The Hall–Kier alpha value is -6.64. The van der Waals surface area contributed by atoms with Crippen molar-refractivity contribution in [3.8, 4) is 11.1 Å². The summed E-state index contributed by atoms with van der Waals surface area (Å²) >= 11 is 0. The van der Waals surface area contributed by atoms with E-state index in [0.29, 0.717) is 0 Å². The Morgan fingerprint density at radius 2 is 0.821 bits per heavy atom. The first-order valence-electron chi connectivity index (χ1n) is 19.7. The van der Waals surface area contributed by atoms with Gasteiger partial charge in [-0.25, -0.2) is 0 Å². The molecule has 0 saturated carbocycles. The van der Waals surface area contributed by atoms with E-state index in [1.807, 2.05) is 0 Å². The molecule has 2 heteroatoms. The highest BCUT2D eigenvalue weighted by Crippen LogP contribution is 2.44. The van der Waals surface area contributed by atoms with Crippen molar-refractivity contribution in [2.24, 2.45) is 0 Å². The molecule has 272 valence electrons. The minimum absolute atomic E-state index is 0.224. The largest absolute Gasteiger partial charge is 0.309 e. The molecule has 1 unspecified atom stereocenters. The fourth-order valence-corrected chi connectivity index (χ4v) is 8.20. The van der Waals surface area contributed by atoms with Crippen molar-refractivity contribution in [1.82, 2.24) is 0 Å². The van der Waals surface area contributed by atoms with Crippen LogP contribution in [0.3, 0.4) is 0 Å². The highest BCUT2D eigenvalue weighted by molar-refractivity contribution is 6.09. The molecular formula is C54H46N2. The summed E-state index contributed by atoms with van der Waals surface area (Å²) in [4.78, 5) is 4.99. The number of anilines is 6. The van der Waals surface area contributed by atoms with Crippen LogP contribution in [0.25, 0.3) is 34.1 Å². The maximum Gasteiger partial charge on any atom is 0.0616 e. The molecule has 2 nitrogen and oxygen atoms in total. The molecule has 0 heterocycles. The number of fused-ring (bicyclic) bond motifs is 2. The van der Waals surface area contributed by atoms with Gasteiger partial charge in [-0.1, -0.05) is 156 Å². The van der Waals surface area contributed by atoms with Gasteiger partial charge in [-0.15, -0.1) is 0 Å². The van der Waals surface area contributed by atoms with Crippen LogP contribution in [-0.4, -0.2) is 0 Å². The second-order valence-electron chi connectivity index (χ2n) is 15.3. The predicted octanol–water partition coefficient (Wildman–Crippen LogP) is 13.4. The minimum Gasteiger partial charge on any atom is -0.309 e. The molecule has 0 amide bonds. The lowest BCUT2D eigenvalue weighted by molar-refractivity contribution is 0.920. The summed E-state index contributed by atoms with van der Waals surface area (Å²) in [6, 6.07) is 64.9. The van der Waals surface area contributed by atoms with Crippen LogP contribution < -0.4 is 20.2 Å². The molecule has 1 aliphatic rings. The van der Waals surface area contributed by atoms with Gasteiger partial charge in [0.15, 0.2) is 0 Å². The summed E-state index contributed by atoms with van der Waals surface area (Å²) in [6.45, 7) is 8.65. The van der Waals surface area contributed by atoms with Gasteiger partial charge in [0.2, 0.25) is 0 Å². The summed E-state index contributed by atoms with van der Waals surface area (Å²) in [5, 5.41) is 4.89. The quantitative estimate of drug-likeness (QED) is 0.144. The molecule has 0 aromatic heterocycles. The number of benzene rings is 8. The first kappa shape index (κ1) is 35.1. The van der Waals surface area contributed by atoms with E-state index in [0.717, 1.165) is 29.2 Å². The Kier molecular flexibility index (Phi) is 9.33. The van der Waals surface area contributed by atoms with Crippen molar-refractivity contribution in [3.63, 3.8) is 0 Å². The van der Waals surface area contributed by atoms with Crippen LogP contribution in [0.4, 0.5) is 34.1 Å². The first-order chi connectivity index (χ1) is 27.4. The van der Waals surface area contributed by atoms with Gasteiger partial charge in [-0.05, 0) is 105 Å². The molecule has 0 saturated heterocycles. The SMILES string of the molecule is Cc1ccc(N(c2ccc(C)cc2)c2c3c(c(N(c4ccc(C)cc4)c4ccc(C)cc4)c4cc(-c5ccccc5)ccc24)=CCC(c2ccccc2)C=3)cc1. The van der Waals surface area contributed by atoms with E-state index >= 15 is 0 Å². The van der Waals surface area contributed by atoms with Crippen molar-refractivity contribution in [1.29, 1.82) is 0 Å². The summed E-state index contributed by atoms with van der Waals surface area (Å²) < 4.78 is 0. The monoisotopic (exact) mass is 722 g/mol. The Morgan fingerprint density at radius 1 is 0.393 bits per heavy atom. The number of rotatable bonds is 8. The van der Waals surface area contributed by atoms with Gasteiger partial charge < -0.3 is 9.80 Å². The van der Waals surface area contributed by atoms with Gasteiger partial charge in [0.1, 0.15) is 0 Å². The van der Waals surface area contributed by atoms with Crippen molar-refractivity contribution >= 4 is 57.0 Å². The molecule has 9 rings (SSSR count). The number of nitrogens with zero attached hydrogens (tertiary/aromatic N) is 2. The maximum atomic E-state index is 2.55. The average Bonchev–Trinajstić information content (AvgIpc) is 3.24. The summed E-state index contributed by atoms with van der Waals surface area (Å²) in [5.74, 6) is 0.224. The zero-order valence-electron chi connectivity index (χ0n) is 32.6. The minimum atomic E-state index is 0.224. The molecule has 0 bridgehead atoms. The lowest BCUT2D eigenvalue weighted by atomic mass is 9.87. The lowest BCUT2D eigenvalue weighted by Crippen LogP contribution is -2.37. The third-order valence-electron chi connectivity index (χ3n) is 11.2. The molecule has 0 radical (unpaired) electrons. The van der Waals surface area contributed by atoms with E-state index in [-0.39, 0.29) is 5.92 Å². The van der Waals surface area contributed by atoms with Crippen molar-refractivity contribution < 1.29 is 0 Å². The maximum absolute atomic E-state index is 2.55. The second-order valence-corrected chi connectivity index (χ2v) is 15.3. The molecule has 1 aliphatic carbocycles. The predicted molar refractivity (Wildman–Crippen MR) is 240 cm³/mol. The molecule has 0 fully saturated rings. The Bertz CT molecular complexity index is 2680. The van der Waals surface area contributed by atoms with Crippen LogP contribution in [0.1, 0.15) is 40.2 Å². The molecule has 1 atom stereocenters. The molecule has 0 spiro atoms.